The Hall–Kier alpha value is 1.27. The fraction of sp³-hybridized carbons (Fsp3) is 0.975. The van der Waals surface area contributed by atoms with Gasteiger partial charge in [0.1, 0.15) is 6.10 Å². The summed E-state index contributed by atoms with van der Waals surface area (Å²) in [5, 5.41) is 33.7. The van der Waals surface area contributed by atoms with E-state index in [0.717, 1.165) is 25.7 Å². The van der Waals surface area contributed by atoms with Crippen LogP contribution in [0.2, 0.25) is 0 Å². The molecule has 11 nitrogen and oxygen atoms in total. The van der Waals surface area contributed by atoms with E-state index in [2.05, 4.69) is 49.5 Å². The Morgan fingerprint density at radius 3 is 1.21 bits per heavy atom. The molecule has 9 fully saturated rings. The molecular formula is C40H71FeKN8O3. The summed E-state index contributed by atoms with van der Waals surface area (Å²) in [5.74, 6) is 4.70. The minimum atomic E-state index is -0.0233. The summed E-state index contributed by atoms with van der Waals surface area (Å²) in [6.07, 6.45) is 27.9. The molecule has 17 atom stereocenters. The van der Waals surface area contributed by atoms with Crippen LogP contribution in [0.5, 0.6) is 0 Å². The summed E-state index contributed by atoms with van der Waals surface area (Å²) < 4.78 is 6.49. The van der Waals surface area contributed by atoms with Gasteiger partial charge in [-0.3, -0.25) is 47.3 Å². The monoisotopic (exact) mass is 806 g/mol. The van der Waals surface area contributed by atoms with Crippen molar-refractivity contribution in [2.24, 2.45) is 47.3 Å². The Morgan fingerprint density at radius 1 is 0.472 bits per heavy atom. The van der Waals surface area contributed by atoms with Gasteiger partial charge in [0.25, 0.3) is 0 Å². The standard InChI is InChI=1S/C40H70N8O2.Fe.K.H2O/c1-2-3-4-5-6-22-31(49)50-30-21-13-20-29-32(30)40-47-38-28-19-12-11-18-27(28)36(45-38)43-34-24-15-8-7-14-23(24)33(41-34)42-35-25-16-9-10-17-26(25)37(44-35)46-39(29)48-40;;;/h23-30,32-48H,2-22H2,1H3;;;1H2/q;;+1;/p-1. The average Bonchev–Trinajstić information content (AvgIpc) is 3.87. The van der Waals surface area contributed by atoms with Crippen molar-refractivity contribution < 1.29 is 83.5 Å². The third-order valence-corrected chi connectivity index (χ3v) is 15.6. The Morgan fingerprint density at radius 2 is 0.811 bits per heavy atom. The maximum absolute atomic E-state index is 13.3. The van der Waals surface area contributed by atoms with Gasteiger partial charge in [0, 0.05) is 29.4 Å². The van der Waals surface area contributed by atoms with E-state index in [1.807, 2.05) is 0 Å². The first kappa shape index (κ1) is 43.8. The number of rotatable bonds is 7. The van der Waals surface area contributed by atoms with Gasteiger partial charge in [0.05, 0.1) is 49.3 Å². The minimum Gasteiger partial charge on any atom is -0.870 e. The first-order valence-corrected chi connectivity index (χ1v) is 21.9. The molecule has 4 saturated carbocycles. The molecule has 9 N–H and O–H groups in total. The van der Waals surface area contributed by atoms with Crippen LogP contribution in [0, 0.1) is 47.3 Å². The fourth-order valence-electron chi connectivity index (χ4n) is 13.2. The topological polar surface area (TPSA) is 153 Å². The molecule has 13 heteroatoms. The molecule has 0 radical (unpaired) electrons. The number of hydrogen-bond acceptors (Lipinski definition) is 11. The summed E-state index contributed by atoms with van der Waals surface area (Å²) in [6.45, 7) is 2.25. The van der Waals surface area contributed by atoms with Crippen LogP contribution in [-0.2, 0) is 26.6 Å². The Balaban J connectivity index is 0.00000160. The molecule has 9 rings (SSSR count). The van der Waals surface area contributed by atoms with E-state index in [-0.39, 0.29) is 110 Å². The molecule has 298 valence electrons. The maximum atomic E-state index is 13.3. The summed E-state index contributed by atoms with van der Waals surface area (Å²) in [6, 6.07) is 0. The zero-order chi connectivity index (χ0) is 33.6. The van der Waals surface area contributed by atoms with Crippen LogP contribution in [0.15, 0.2) is 0 Å². The molecule has 5 heterocycles. The second-order valence-corrected chi connectivity index (χ2v) is 18.4. The van der Waals surface area contributed by atoms with Gasteiger partial charge in [-0.2, -0.15) is 0 Å². The SMILES string of the molecule is CCCCCCCC(=O)OC1CCCC2C3NC4NC(NC5NC(NC6NC(NC(N3)C12)C1CCCCC61)C1CCCCC51)C1CCCCC41.[Fe].[K+].[OH-]. The molecule has 0 aromatic carbocycles. The Kier molecular flexibility index (Phi) is 16.6. The molecule has 0 aromatic rings. The second kappa shape index (κ2) is 20.0. The van der Waals surface area contributed by atoms with Gasteiger partial charge in [-0.1, -0.05) is 71.1 Å². The van der Waals surface area contributed by atoms with Gasteiger partial charge >= 0.3 is 57.4 Å². The average molecular weight is 807 g/mol. The molecule has 0 aromatic heterocycles. The first-order chi connectivity index (χ1) is 24.6. The van der Waals surface area contributed by atoms with Gasteiger partial charge in [0.2, 0.25) is 0 Å². The molecule has 9 aliphatic rings. The zero-order valence-electron chi connectivity index (χ0n) is 32.8. The number of ether oxygens (including phenoxy) is 1. The van der Waals surface area contributed by atoms with Crippen molar-refractivity contribution in [3.8, 4) is 0 Å². The number of hydrogen-bond donors (Lipinski definition) is 8. The van der Waals surface area contributed by atoms with Crippen molar-refractivity contribution in [1.82, 2.24) is 42.5 Å². The van der Waals surface area contributed by atoms with Crippen LogP contribution < -0.4 is 93.9 Å². The van der Waals surface area contributed by atoms with Gasteiger partial charge in [-0.05, 0) is 106 Å². The van der Waals surface area contributed by atoms with Crippen molar-refractivity contribution in [1.29, 1.82) is 0 Å². The number of fused-ring (bicyclic) bond motifs is 20. The summed E-state index contributed by atoms with van der Waals surface area (Å²) in [4.78, 5) is 13.3. The number of esters is 1. The molecule has 0 amide bonds. The van der Waals surface area contributed by atoms with E-state index in [0.29, 0.717) is 78.7 Å². The minimum absolute atomic E-state index is 0. The predicted molar refractivity (Wildman–Crippen MR) is 198 cm³/mol. The number of unbranched alkanes of at least 4 members (excludes halogenated alkanes) is 4. The molecule has 17 unspecified atom stereocenters. The summed E-state index contributed by atoms with van der Waals surface area (Å²) in [7, 11) is 0. The predicted octanol–water partition coefficient (Wildman–Crippen LogP) is 1.31. The molecule has 53 heavy (non-hydrogen) atoms. The molecule has 5 aliphatic heterocycles. The van der Waals surface area contributed by atoms with Crippen molar-refractivity contribution in [3.63, 3.8) is 0 Å². The zero-order valence-corrected chi connectivity index (χ0v) is 37.0. The van der Waals surface area contributed by atoms with Gasteiger partial charge in [0.15, 0.2) is 0 Å². The Bertz CT molecular complexity index is 1180. The Labute approximate surface area is 373 Å². The third kappa shape index (κ3) is 9.21. The molecule has 0 spiro atoms. The molecule has 8 bridgehead atoms. The molecule has 5 saturated heterocycles. The van der Waals surface area contributed by atoms with Crippen molar-refractivity contribution in [3.05, 3.63) is 0 Å². The van der Waals surface area contributed by atoms with Crippen molar-refractivity contribution in [2.75, 3.05) is 0 Å². The van der Waals surface area contributed by atoms with E-state index in [9.17, 15) is 4.79 Å². The normalized spacial score (nSPS) is 47.0. The number of carbonyl (C=O) groups is 1. The van der Waals surface area contributed by atoms with E-state index in [1.54, 1.807) is 0 Å². The van der Waals surface area contributed by atoms with Crippen molar-refractivity contribution >= 4 is 5.97 Å². The maximum Gasteiger partial charge on any atom is 1.00 e. The fourth-order valence-corrected chi connectivity index (χ4v) is 13.2. The largest absolute Gasteiger partial charge is 1.00 e. The first-order valence-electron chi connectivity index (χ1n) is 21.9. The molecule has 4 aliphatic carbocycles. The van der Waals surface area contributed by atoms with E-state index >= 15 is 0 Å². The van der Waals surface area contributed by atoms with Gasteiger partial charge in [-0.15, -0.1) is 0 Å². The number of nitrogens with one attached hydrogen (secondary N) is 8. The summed E-state index contributed by atoms with van der Waals surface area (Å²) in [5.41, 5.74) is 0. The van der Waals surface area contributed by atoms with Gasteiger partial charge < -0.3 is 10.2 Å². The van der Waals surface area contributed by atoms with Crippen molar-refractivity contribution in [2.45, 2.75) is 197 Å². The van der Waals surface area contributed by atoms with Gasteiger partial charge in [-0.25, -0.2) is 0 Å². The van der Waals surface area contributed by atoms with Crippen LogP contribution in [0.25, 0.3) is 0 Å². The van der Waals surface area contributed by atoms with Crippen LogP contribution in [-0.4, -0.2) is 66.9 Å². The van der Waals surface area contributed by atoms with E-state index in [4.69, 9.17) is 4.74 Å². The third-order valence-electron chi connectivity index (χ3n) is 15.6. The van der Waals surface area contributed by atoms with E-state index < -0.39 is 0 Å². The quantitative estimate of drug-likeness (QED) is 0.107. The number of carbonyl (C=O) groups excluding carboxylic acids is 1. The van der Waals surface area contributed by atoms with Crippen LogP contribution in [0.4, 0.5) is 0 Å². The van der Waals surface area contributed by atoms with E-state index in [1.165, 1.54) is 103 Å². The molecular weight excluding hydrogens is 735 g/mol. The van der Waals surface area contributed by atoms with Crippen LogP contribution in [0.3, 0.4) is 0 Å². The van der Waals surface area contributed by atoms with Crippen LogP contribution >= 0.6 is 0 Å². The van der Waals surface area contributed by atoms with Crippen LogP contribution in [0.1, 0.15) is 142 Å². The smallest absolute Gasteiger partial charge is 0.870 e. The second-order valence-electron chi connectivity index (χ2n) is 18.4. The summed E-state index contributed by atoms with van der Waals surface area (Å²) >= 11 is 0.